The molecule has 4 aromatic rings. The largest absolute Gasteiger partial charge is 0.454 e. The van der Waals surface area contributed by atoms with E-state index >= 15 is 0 Å². The maximum Gasteiger partial charge on any atom is 0.234 e. The fraction of sp³-hybridized carbons (Fsp3) is 0.130. The van der Waals surface area contributed by atoms with Crippen LogP contribution < -0.4 is 14.8 Å². The minimum absolute atomic E-state index is 0.145. The molecule has 0 spiro atoms. The third-order valence-electron chi connectivity index (χ3n) is 4.83. The predicted octanol–water partition coefficient (Wildman–Crippen LogP) is 3.85. The summed E-state index contributed by atoms with van der Waals surface area (Å²) in [7, 11) is 0. The number of hydrogen-bond donors (Lipinski definition) is 1. The molecule has 1 aliphatic rings. The van der Waals surface area contributed by atoms with Gasteiger partial charge in [0.15, 0.2) is 22.5 Å². The summed E-state index contributed by atoms with van der Waals surface area (Å²) in [5.74, 6) is 2.08. The normalized spacial score (nSPS) is 12.0. The molecule has 5 rings (SSSR count). The van der Waals surface area contributed by atoms with Crippen molar-refractivity contribution in [3.05, 3.63) is 78.6 Å². The van der Waals surface area contributed by atoms with Gasteiger partial charge in [0.25, 0.3) is 0 Å². The molecule has 0 aliphatic carbocycles. The number of ether oxygens (including phenoxy) is 2. The smallest absolute Gasteiger partial charge is 0.234 e. The minimum Gasteiger partial charge on any atom is -0.454 e. The number of nitrogens with one attached hydrogen (secondary N) is 1. The van der Waals surface area contributed by atoms with E-state index < -0.39 is 0 Å². The van der Waals surface area contributed by atoms with Crippen LogP contribution in [-0.2, 0) is 11.3 Å². The first-order chi connectivity index (χ1) is 15.8. The van der Waals surface area contributed by atoms with E-state index in [4.69, 9.17) is 9.47 Å². The number of hydrogen-bond acceptors (Lipinski definition) is 7. The molecular weight excluding hydrogens is 426 g/mol. The number of anilines is 1. The van der Waals surface area contributed by atoms with Crippen LogP contribution in [0.5, 0.6) is 11.5 Å². The lowest BCUT2D eigenvalue weighted by atomic mass is 10.2. The molecule has 3 heterocycles. The lowest BCUT2D eigenvalue weighted by Gasteiger charge is -2.11. The lowest BCUT2D eigenvalue weighted by Crippen LogP contribution is -2.14. The summed E-state index contributed by atoms with van der Waals surface area (Å²) < 4.78 is 12.7. The second-order valence-electron chi connectivity index (χ2n) is 7.02. The molecule has 0 bridgehead atoms. The number of pyridine rings is 1. The zero-order valence-corrected chi connectivity index (χ0v) is 17.8. The molecule has 160 valence electrons. The Morgan fingerprint density at radius 3 is 2.66 bits per heavy atom. The van der Waals surface area contributed by atoms with Crippen molar-refractivity contribution in [2.75, 3.05) is 17.9 Å². The molecule has 1 aliphatic heterocycles. The highest BCUT2D eigenvalue weighted by Crippen LogP contribution is 2.34. The third-order valence-corrected chi connectivity index (χ3v) is 5.79. The van der Waals surface area contributed by atoms with Crippen LogP contribution >= 0.6 is 11.8 Å². The van der Waals surface area contributed by atoms with Crippen molar-refractivity contribution in [2.24, 2.45) is 0 Å². The van der Waals surface area contributed by atoms with Crippen molar-refractivity contribution in [3.63, 3.8) is 0 Å². The zero-order chi connectivity index (χ0) is 21.8. The van der Waals surface area contributed by atoms with Crippen molar-refractivity contribution < 1.29 is 14.3 Å². The maximum absolute atomic E-state index is 12.6. The molecule has 32 heavy (non-hydrogen) atoms. The van der Waals surface area contributed by atoms with E-state index in [1.54, 1.807) is 30.6 Å². The van der Waals surface area contributed by atoms with Crippen LogP contribution in [0.4, 0.5) is 5.69 Å². The first-order valence-corrected chi connectivity index (χ1v) is 10.9. The minimum atomic E-state index is -0.145. The molecule has 8 nitrogen and oxygen atoms in total. The summed E-state index contributed by atoms with van der Waals surface area (Å²) >= 11 is 1.34. The Bertz CT molecular complexity index is 1230. The molecule has 9 heteroatoms. The summed E-state index contributed by atoms with van der Waals surface area (Å²) in [6.07, 6.45) is 3.45. The van der Waals surface area contributed by atoms with Gasteiger partial charge in [-0.3, -0.25) is 14.3 Å². The van der Waals surface area contributed by atoms with E-state index in [0.29, 0.717) is 28.9 Å². The van der Waals surface area contributed by atoms with Gasteiger partial charge in [0.05, 0.1) is 12.3 Å². The van der Waals surface area contributed by atoms with Crippen molar-refractivity contribution in [1.82, 2.24) is 19.7 Å². The summed E-state index contributed by atoms with van der Waals surface area (Å²) in [4.78, 5) is 16.6. The highest BCUT2D eigenvalue weighted by molar-refractivity contribution is 7.99. The van der Waals surface area contributed by atoms with Crippen molar-refractivity contribution >= 4 is 23.4 Å². The molecule has 0 unspecified atom stereocenters. The fourth-order valence-corrected chi connectivity index (χ4v) is 4.06. The summed E-state index contributed by atoms with van der Waals surface area (Å²) in [5.41, 5.74) is 2.69. The number of thioether (sulfide) groups is 1. The fourth-order valence-electron chi connectivity index (χ4n) is 3.32. The van der Waals surface area contributed by atoms with Gasteiger partial charge in [0, 0.05) is 29.7 Å². The van der Waals surface area contributed by atoms with Gasteiger partial charge < -0.3 is 14.8 Å². The number of amides is 1. The number of benzene rings is 2. The van der Waals surface area contributed by atoms with Gasteiger partial charge in [-0.05, 0) is 29.8 Å². The molecule has 0 atom stereocenters. The Labute approximate surface area is 188 Å². The lowest BCUT2D eigenvalue weighted by molar-refractivity contribution is -0.113. The molecule has 0 fully saturated rings. The number of nitrogens with zero attached hydrogens (tertiary/aromatic N) is 4. The van der Waals surface area contributed by atoms with Crippen LogP contribution in [-0.4, -0.2) is 38.2 Å². The van der Waals surface area contributed by atoms with Crippen molar-refractivity contribution in [2.45, 2.75) is 11.7 Å². The Hall–Kier alpha value is -3.85. The number of rotatable bonds is 7. The molecule has 2 aromatic heterocycles. The average molecular weight is 446 g/mol. The molecule has 1 amide bonds. The van der Waals surface area contributed by atoms with E-state index in [0.717, 1.165) is 17.0 Å². The second-order valence-corrected chi connectivity index (χ2v) is 7.96. The number of fused-ring (bicyclic) bond motifs is 1. The predicted molar refractivity (Wildman–Crippen MR) is 121 cm³/mol. The summed E-state index contributed by atoms with van der Waals surface area (Å²) in [5, 5.41) is 12.3. The molecule has 0 radical (unpaired) electrons. The number of aromatic nitrogens is 4. The average Bonchev–Trinajstić information content (AvgIpc) is 3.45. The van der Waals surface area contributed by atoms with Crippen LogP contribution in [0.1, 0.15) is 5.56 Å². The molecule has 1 N–H and O–H groups in total. The van der Waals surface area contributed by atoms with Crippen molar-refractivity contribution in [3.8, 4) is 22.9 Å². The number of carbonyl (C=O) groups is 1. The second kappa shape index (κ2) is 9.11. The Morgan fingerprint density at radius 2 is 1.81 bits per heavy atom. The monoisotopic (exact) mass is 445 g/mol. The van der Waals surface area contributed by atoms with Crippen LogP contribution in [0.2, 0.25) is 0 Å². The summed E-state index contributed by atoms with van der Waals surface area (Å²) in [6.45, 7) is 0.789. The SMILES string of the molecule is O=C(CSc1nnc(-c2ccncc2)n1Cc1ccccc1)Nc1ccc2c(c1)OCO2. The topological polar surface area (TPSA) is 91.2 Å². The van der Waals surface area contributed by atoms with Crippen LogP contribution in [0.15, 0.2) is 78.2 Å². The van der Waals surface area contributed by atoms with E-state index in [1.165, 1.54) is 11.8 Å². The highest BCUT2D eigenvalue weighted by atomic mass is 32.2. The van der Waals surface area contributed by atoms with Gasteiger partial charge in [-0.25, -0.2) is 0 Å². The van der Waals surface area contributed by atoms with Gasteiger partial charge in [-0.1, -0.05) is 42.1 Å². The Balaban J connectivity index is 1.32. The van der Waals surface area contributed by atoms with Gasteiger partial charge in [-0.2, -0.15) is 0 Å². The van der Waals surface area contributed by atoms with E-state index in [-0.39, 0.29) is 18.5 Å². The molecule has 0 saturated carbocycles. The van der Waals surface area contributed by atoms with E-state index in [1.807, 2.05) is 34.9 Å². The Morgan fingerprint density at radius 1 is 1.00 bits per heavy atom. The highest BCUT2D eigenvalue weighted by Gasteiger charge is 2.17. The van der Waals surface area contributed by atoms with Crippen LogP contribution in [0.25, 0.3) is 11.4 Å². The van der Waals surface area contributed by atoms with Gasteiger partial charge in [-0.15, -0.1) is 10.2 Å². The first kappa shape index (κ1) is 20.1. The molecule has 0 saturated heterocycles. The van der Waals surface area contributed by atoms with Crippen LogP contribution in [0, 0.1) is 0 Å². The first-order valence-electron chi connectivity index (χ1n) is 9.96. The molecular formula is C23H19N5O3S. The van der Waals surface area contributed by atoms with E-state index in [2.05, 4.69) is 32.6 Å². The van der Waals surface area contributed by atoms with E-state index in [9.17, 15) is 4.79 Å². The van der Waals surface area contributed by atoms with Gasteiger partial charge in [0.1, 0.15) is 0 Å². The third kappa shape index (κ3) is 4.42. The molecule has 2 aromatic carbocycles. The zero-order valence-electron chi connectivity index (χ0n) is 17.0. The van der Waals surface area contributed by atoms with Gasteiger partial charge >= 0.3 is 0 Å². The standard InChI is InChI=1S/C23H19N5O3S/c29-21(25-18-6-7-19-20(12-18)31-15-30-19)14-32-23-27-26-22(17-8-10-24-11-9-17)28(23)13-16-4-2-1-3-5-16/h1-12H,13-15H2,(H,25,29). The number of carbonyl (C=O) groups excluding carboxylic acids is 1. The summed E-state index contributed by atoms with van der Waals surface area (Å²) in [6, 6.07) is 19.2. The van der Waals surface area contributed by atoms with Crippen LogP contribution in [0.3, 0.4) is 0 Å². The quantitative estimate of drug-likeness (QED) is 0.432. The van der Waals surface area contributed by atoms with Gasteiger partial charge in [0.2, 0.25) is 12.7 Å². The maximum atomic E-state index is 12.6. The van der Waals surface area contributed by atoms with Crippen molar-refractivity contribution in [1.29, 1.82) is 0 Å². The Kier molecular flexibility index (Phi) is 5.71.